The molecule has 126 valence electrons. The van der Waals surface area contributed by atoms with E-state index in [9.17, 15) is 13.6 Å². The smallest absolute Gasteiger partial charge is 0.288 e. The Hall–Kier alpha value is -1.92. The predicted molar refractivity (Wildman–Crippen MR) is 91.5 cm³/mol. The van der Waals surface area contributed by atoms with E-state index in [1.165, 1.54) is 16.0 Å². The standard InChI is InChI=1S/C18H18F2N2OS/c19-18(20)24-16-8-4-3-7-15(16)21-17(23)12-22-10-9-13-5-1-2-6-14(13)11-22/h1-8,18H,9-12H2,(H,21,23)/p+1. The molecule has 1 aliphatic heterocycles. The Morgan fingerprint density at radius 3 is 2.62 bits per heavy atom. The molecule has 0 saturated carbocycles. The molecule has 1 atom stereocenters. The summed E-state index contributed by atoms with van der Waals surface area (Å²) in [4.78, 5) is 13.9. The second kappa shape index (κ2) is 7.77. The highest BCUT2D eigenvalue weighted by molar-refractivity contribution is 7.99. The van der Waals surface area contributed by atoms with Gasteiger partial charge in [0.05, 0.1) is 12.2 Å². The number of rotatable bonds is 5. The number of anilines is 1. The van der Waals surface area contributed by atoms with E-state index in [0.29, 0.717) is 28.9 Å². The molecule has 2 N–H and O–H groups in total. The first-order chi connectivity index (χ1) is 11.6. The van der Waals surface area contributed by atoms with Crippen molar-refractivity contribution in [3.8, 4) is 0 Å². The minimum absolute atomic E-state index is 0.147. The highest BCUT2D eigenvalue weighted by Crippen LogP contribution is 2.31. The maximum atomic E-state index is 12.6. The number of carbonyl (C=O) groups is 1. The third-order valence-corrected chi connectivity index (χ3v) is 4.88. The summed E-state index contributed by atoms with van der Waals surface area (Å²) in [7, 11) is 0. The molecule has 0 bridgehead atoms. The Kier molecular flexibility index (Phi) is 5.48. The zero-order chi connectivity index (χ0) is 16.9. The van der Waals surface area contributed by atoms with Crippen LogP contribution in [0, 0.1) is 0 Å². The molecular weight excluding hydrogens is 330 g/mol. The van der Waals surface area contributed by atoms with Crippen LogP contribution >= 0.6 is 11.8 Å². The summed E-state index contributed by atoms with van der Waals surface area (Å²) in [5, 5.41) is 2.77. The lowest BCUT2D eigenvalue weighted by Crippen LogP contribution is -3.12. The van der Waals surface area contributed by atoms with Gasteiger partial charge in [-0.3, -0.25) is 4.79 Å². The minimum atomic E-state index is -2.51. The summed E-state index contributed by atoms with van der Waals surface area (Å²) in [6.45, 7) is 2.05. The van der Waals surface area contributed by atoms with E-state index in [0.717, 1.165) is 19.5 Å². The van der Waals surface area contributed by atoms with Gasteiger partial charge in [0.1, 0.15) is 6.54 Å². The first kappa shape index (κ1) is 16.9. The van der Waals surface area contributed by atoms with Crippen LogP contribution in [0.15, 0.2) is 53.4 Å². The van der Waals surface area contributed by atoms with Gasteiger partial charge in [-0.15, -0.1) is 0 Å². The van der Waals surface area contributed by atoms with E-state index >= 15 is 0 Å². The third-order valence-electron chi connectivity index (χ3n) is 4.09. The van der Waals surface area contributed by atoms with Crippen LogP contribution in [-0.4, -0.2) is 24.8 Å². The van der Waals surface area contributed by atoms with Crippen molar-refractivity contribution < 1.29 is 18.5 Å². The number of para-hydroxylation sites is 1. The fourth-order valence-electron chi connectivity index (χ4n) is 2.98. The molecule has 1 unspecified atom stereocenters. The van der Waals surface area contributed by atoms with Crippen molar-refractivity contribution in [2.45, 2.75) is 23.6 Å². The van der Waals surface area contributed by atoms with E-state index in [-0.39, 0.29) is 5.91 Å². The lowest BCUT2D eigenvalue weighted by atomic mass is 10.00. The summed E-state index contributed by atoms with van der Waals surface area (Å²) in [6, 6.07) is 14.9. The molecule has 2 aromatic carbocycles. The lowest BCUT2D eigenvalue weighted by molar-refractivity contribution is -0.907. The number of halogens is 2. The van der Waals surface area contributed by atoms with Gasteiger partial charge in [-0.2, -0.15) is 8.78 Å². The van der Waals surface area contributed by atoms with E-state index in [1.54, 1.807) is 24.3 Å². The van der Waals surface area contributed by atoms with Gasteiger partial charge < -0.3 is 10.2 Å². The van der Waals surface area contributed by atoms with Crippen LogP contribution in [0.5, 0.6) is 0 Å². The van der Waals surface area contributed by atoms with Gasteiger partial charge in [0.2, 0.25) is 0 Å². The molecule has 24 heavy (non-hydrogen) atoms. The molecule has 6 heteroatoms. The zero-order valence-corrected chi connectivity index (χ0v) is 13.9. The average Bonchev–Trinajstić information content (AvgIpc) is 2.56. The molecule has 0 aliphatic carbocycles. The van der Waals surface area contributed by atoms with E-state index < -0.39 is 5.76 Å². The van der Waals surface area contributed by atoms with Gasteiger partial charge in [-0.05, 0) is 17.7 Å². The second-order valence-electron chi connectivity index (χ2n) is 5.80. The Labute approximate surface area is 144 Å². The number of thioether (sulfide) groups is 1. The number of benzene rings is 2. The summed E-state index contributed by atoms with van der Waals surface area (Å²) >= 11 is 0.449. The van der Waals surface area contributed by atoms with Gasteiger partial charge in [0, 0.05) is 16.9 Å². The second-order valence-corrected chi connectivity index (χ2v) is 6.83. The molecule has 1 aliphatic rings. The van der Waals surface area contributed by atoms with Crippen molar-refractivity contribution in [1.29, 1.82) is 0 Å². The molecule has 0 aromatic heterocycles. The van der Waals surface area contributed by atoms with Gasteiger partial charge in [0.15, 0.2) is 6.54 Å². The van der Waals surface area contributed by atoms with Crippen molar-refractivity contribution in [2.75, 3.05) is 18.4 Å². The quantitative estimate of drug-likeness (QED) is 0.814. The molecule has 0 fully saturated rings. The SMILES string of the molecule is O=C(C[NH+]1CCc2ccccc2C1)Nc1ccccc1SC(F)F. The predicted octanol–water partition coefficient (Wildman–Crippen LogP) is 2.58. The maximum absolute atomic E-state index is 12.6. The Bertz CT molecular complexity index is 724. The first-order valence-corrected chi connectivity index (χ1v) is 8.74. The van der Waals surface area contributed by atoms with Crippen LogP contribution in [0.3, 0.4) is 0 Å². The van der Waals surface area contributed by atoms with Crippen LogP contribution in [0.2, 0.25) is 0 Å². The number of alkyl halides is 2. The minimum Gasteiger partial charge on any atom is -0.323 e. The number of hydrogen-bond acceptors (Lipinski definition) is 2. The number of carbonyl (C=O) groups excluding carboxylic acids is 1. The topological polar surface area (TPSA) is 33.5 Å². The van der Waals surface area contributed by atoms with Crippen LogP contribution < -0.4 is 10.2 Å². The zero-order valence-electron chi connectivity index (χ0n) is 13.1. The Morgan fingerprint density at radius 2 is 1.83 bits per heavy atom. The molecule has 1 heterocycles. The summed E-state index contributed by atoms with van der Waals surface area (Å²) in [5.74, 6) is -2.65. The fraction of sp³-hybridized carbons (Fsp3) is 0.278. The van der Waals surface area contributed by atoms with Gasteiger partial charge in [-0.25, -0.2) is 0 Å². The molecule has 0 saturated heterocycles. The van der Waals surface area contributed by atoms with Crippen molar-refractivity contribution in [2.24, 2.45) is 0 Å². The Balaban J connectivity index is 1.61. The number of nitrogens with one attached hydrogen (secondary N) is 2. The first-order valence-electron chi connectivity index (χ1n) is 7.86. The molecule has 0 spiro atoms. The number of amides is 1. The van der Waals surface area contributed by atoms with Crippen molar-refractivity contribution in [3.05, 3.63) is 59.7 Å². The molecule has 3 nitrogen and oxygen atoms in total. The summed E-state index contributed by atoms with van der Waals surface area (Å²) in [5.41, 5.74) is 3.07. The molecule has 0 radical (unpaired) electrons. The van der Waals surface area contributed by atoms with Gasteiger partial charge >= 0.3 is 0 Å². The van der Waals surface area contributed by atoms with E-state index in [2.05, 4.69) is 17.4 Å². The average molecular weight is 349 g/mol. The third kappa shape index (κ3) is 4.33. The van der Waals surface area contributed by atoms with E-state index in [4.69, 9.17) is 0 Å². The number of fused-ring (bicyclic) bond motifs is 1. The molecular formula is C18H19F2N2OS+. The maximum Gasteiger partial charge on any atom is 0.288 e. The van der Waals surface area contributed by atoms with Crippen LogP contribution in [0.25, 0.3) is 0 Å². The number of quaternary nitrogens is 1. The van der Waals surface area contributed by atoms with E-state index in [1.807, 2.05) is 12.1 Å². The van der Waals surface area contributed by atoms with Crippen molar-refractivity contribution >= 4 is 23.4 Å². The van der Waals surface area contributed by atoms with Crippen molar-refractivity contribution in [3.63, 3.8) is 0 Å². The fourth-order valence-corrected chi connectivity index (χ4v) is 3.58. The number of hydrogen-bond donors (Lipinski definition) is 2. The molecule has 1 amide bonds. The van der Waals surface area contributed by atoms with Gasteiger partial charge in [0.25, 0.3) is 11.7 Å². The normalized spacial score (nSPS) is 16.7. The lowest BCUT2D eigenvalue weighted by Gasteiger charge is -2.25. The monoisotopic (exact) mass is 349 g/mol. The highest BCUT2D eigenvalue weighted by atomic mass is 32.2. The largest absolute Gasteiger partial charge is 0.323 e. The Morgan fingerprint density at radius 1 is 1.12 bits per heavy atom. The van der Waals surface area contributed by atoms with Crippen molar-refractivity contribution in [1.82, 2.24) is 0 Å². The van der Waals surface area contributed by atoms with Crippen LogP contribution in [0.1, 0.15) is 11.1 Å². The molecule has 3 rings (SSSR count). The summed E-state index contributed by atoms with van der Waals surface area (Å²) in [6.07, 6.45) is 0.955. The molecule has 2 aromatic rings. The summed E-state index contributed by atoms with van der Waals surface area (Å²) < 4.78 is 25.2. The van der Waals surface area contributed by atoms with Crippen LogP contribution in [-0.2, 0) is 17.8 Å². The van der Waals surface area contributed by atoms with Crippen LogP contribution in [0.4, 0.5) is 14.5 Å². The highest BCUT2D eigenvalue weighted by Gasteiger charge is 2.22. The van der Waals surface area contributed by atoms with Gasteiger partial charge in [-0.1, -0.05) is 48.2 Å².